The van der Waals surface area contributed by atoms with Gasteiger partial charge in [0.25, 0.3) is 0 Å². The summed E-state index contributed by atoms with van der Waals surface area (Å²) < 4.78 is 0. The van der Waals surface area contributed by atoms with Crippen LogP contribution in [-0.2, 0) is 34.1 Å². The van der Waals surface area contributed by atoms with Crippen LogP contribution in [0.25, 0.3) is 0 Å². The predicted molar refractivity (Wildman–Crippen MR) is 17.3 cm³/mol. The molecule has 5 heavy (non-hydrogen) atoms. The standard InChI is InChI=1S/Al.Ca.Fe.Mg.Mn. The Morgan fingerprint density at radius 3 is 1.00 bits per heavy atom. The fourth-order valence-electron chi connectivity index (χ4n) is 0. The van der Waals surface area contributed by atoms with Crippen molar-refractivity contribution >= 4 is 78.2 Å². The minimum absolute atomic E-state index is 0. The second kappa shape index (κ2) is 25.6. The predicted octanol–water partition coefficient (Wildman–Crippen LogP) is -1.15. The van der Waals surface area contributed by atoms with Crippen LogP contribution in [0.5, 0.6) is 0 Å². The molecule has 0 rings (SSSR count). The zero-order valence-electron chi connectivity index (χ0n) is 2.72. The van der Waals surface area contributed by atoms with Crippen molar-refractivity contribution in [3.05, 3.63) is 0 Å². The van der Waals surface area contributed by atoms with E-state index in [1.54, 1.807) is 0 Å². The molecule has 0 saturated heterocycles. The third-order valence-electron chi connectivity index (χ3n) is 0. The van der Waals surface area contributed by atoms with Gasteiger partial charge in [-0.1, -0.05) is 0 Å². The van der Waals surface area contributed by atoms with Gasteiger partial charge in [-0.3, -0.25) is 0 Å². The molecule has 0 aliphatic heterocycles. The first-order chi connectivity index (χ1) is 0. The van der Waals surface area contributed by atoms with Gasteiger partial charge in [-0.25, -0.2) is 0 Å². The Bertz CT molecular complexity index is 11.6. The molecule has 0 bridgehead atoms. The summed E-state index contributed by atoms with van der Waals surface area (Å²) in [4.78, 5) is 0. The molecule has 22 valence electrons. The SMILES string of the molecule is [Al].[Ca].[Fe].[Mg].[Mn]. The number of rotatable bonds is 0. The molecule has 0 amide bonds. The molecule has 0 unspecified atom stereocenters. The van der Waals surface area contributed by atoms with E-state index in [-0.39, 0.29) is 112 Å². The molecule has 5 heteroatoms. The average Bonchev–Trinajstić information content (AvgIpc) is 0. The number of hydrogen-bond acceptors (Lipinski definition) is 0. The molecule has 0 heterocycles. The quantitative estimate of drug-likeness (QED) is 0.435. The Labute approximate surface area is 110 Å². The maximum atomic E-state index is 0. The third kappa shape index (κ3) is 18.4. The number of hydrogen-bond donors (Lipinski definition) is 0. The summed E-state index contributed by atoms with van der Waals surface area (Å²) in [6.07, 6.45) is 0. The Morgan fingerprint density at radius 1 is 1.00 bits per heavy atom. The van der Waals surface area contributed by atoms with Gasteiger partial charge in [0.05, 0.1) is 0 Å². The van der Waals surface area contributed by atoms with Crippen LogP contribution in [0.15, 0.2) is 0 Å². The Morgan fingerprint density at radius 2 is 1.00 bits per heavy atom. The first kappa shape index (κ1) is 38.3. The second-order valence-electron chi connectivity index (χ2n) is 0. The van der Waals surface area contributed by atoms with Crippen LogP contribution < -0.4 is 0 Å². The van der Waals surface area contributed by atoms with Crippen LogP contribution in [-0.4, -0.2) is 78.2 Å². The van der Waals surface area contributed by atoms with Crippen molar-refractivity contribution in [1.29, 1.82) is 0 Å². The Balaban J connectivity index is 0. The van der Waals surface area contributed by atoms with Crippen molar-refractivity contribution in [3.63, 3.8) is 0 Å². The summed E-state index contributed by atoms with van der Waals surface area (Å²) in [5.41, 5.74) is 0. The monoisotopic (exact) mass is 202 g/mol. The van der Waals surface area contributed by atoms with Crippen LogP contribution in [0.4, 0.5) is 0 Å². The molecule has 0 atom stereocenters. The van der Waals surface area contributed by atoms with Crippen LogP contribution in [0.1, 0.15) is 0 Å². The first-order valence-electron chi connectivity index (χ1n) is 0. The van der Waals surface area contributed by atoms with Gasteiger partial charge in [0, 0.05) is 112 Å². The van der Waals surface area contributed by atoms with Crippen molar-refractivity contribution in [3.8, 4) is 0 Å². The molecule has 0 fully saturated rings. The summed E-state index contributed by atoms with van der Waals surface area (Å²) in [5, 5.41) is 0. The summed E-state index contributed by atoms with van der Waals surface area (Å²) in [6, 6.07) is 0. The molecule has 0 aromatic rings. The van der Waals surface area contributed by atoms with E-state index in [0.29, 0.717) is 0 Å². The van der Waals surface area contributed by atoms with Gasteiger partial charge in [0.1, 0.15) is 0 Å². The maximum Gasteiger partial charge on any atom is 0 e. The summed E-state index contributed by atoms with van der Waals surface area (Å²) in [5.74, 6) is 0. The van der Waals surface area contributed by atoms with Gasteiger partial charge < -0.3 is 0 Å². The Kier molecular flexibility index (Phi) is 196. The van der Waals surface area contributed by atoms with Crippen molar-refractivity contribution < 1.29 is 34.1 Å². The van der Waals surface area contributed by atoms with Crippen LogP contribution in [0.3, 0.4) is 0 Å². The molecule has 0 aliphatic carbocycles. The van der Waals surface area contributed by atoms with Crippen molar-refractivity contribution in [2.75, 3.05) is 0 Å². The molecule has 0 saturated carbocycles. The maximum absolute atomic E-state index is 0. The molecular weight excluding hydrogens is 202 g/mol. The third-order valence-corrected chi connectivity index (χ3v) is 0. The Hall–Kier alpha value is 3.60. The zero-order valence-corrected chi connectivity index (χ0v) is 9.78. The van der Waals surface area contributed by atoms with Gasteiger partial charge >= 0.3 is 0 Å². The van der Waals surface area contributed by atoms with E-state index in [9.17, 15) is 0 Å². The van der Waals surface area contributed by atoms with Gasteiger partial charge in [-0.05, 0) is 0 Å². The van der Waals surface area contributed by atoms with E-state index in [1.165, 1.54) is 0 Å². The van der Waals surface area contributed by atoms with Crippen molar-refractivity contribution in [2.45, 2.75) is 0 Å². The first-order valence-corrected chi connectivity index (χ1v) is 0. The molecule has 0 aromatic heterocycles. The van der Waals surface area contributed by atoms with Crippen LogP contribution >= 0.6 is 0 Å². The molecular formula is AlCaFeMgMn. The summed E-state index contributed by atoms with van der Waals surface area (Å²) in [7, 11) is 0. The van der Waals surface area contributed by atoms with E-state index in [2.05, 4.69) is 0 Å². The van der Waals surface area contributed by atoms with Gasteiger partial charge in [-0.2, -0.15) is 0 Å². The average molecular weight is 202 g/mol. The fraction of sp³-hybridized carbons (Fsp3) is 0. The summed E-state index contributed by atoms with van der Waals surface area (Å²) in [6.45, 7) is 0. The van der Waals surface area contributed by atoms with E-state index in [0.717, 1.165) is 0 Å². The normalized spacial score (nSPS) is 0. The van der Waals surface area contributed by atoms with Gasteiger partial charge in [-0.15, -0.1) is 0 Å². The van der Waals surface area contributed by atoms with E-state index < -0.39 is 0 Å². The van der Waals surface area contributed by atoms with Gasteiger partial charge in [0.2, 0.25) is 0 Å². The molecule has 0 aromatic carbocycles. The molecule has 0 spiro atoms. The van der Waals surface area contributed by atoms with Crippen LogP contribution in [0.2, 0.25) is 0 Å². The smallest absolute Gasteiger partial charge is 0 e. The van der Waals surface area contributed by atoms with E-state index >= 15 is 0 Å². The summed E-state index contributed by atoms with van der Waals surface area (Å²) >= 11 is 0. The minimum atomic E-state index is 0. The topological polar surface area (TPSA) is 0 Å². The minimum Gasteiger partial charge on any atom is 0 e. The fourth-order valence-corrected chi connectivity index (χ4v) is 0. The van der Waals surface area contributed by atoms with Crippen LogP contribution in [0, 0.1) is 0 Å². The van der Waals surface area contributed by atoms with Crippen molar-refractivity contribution in [2.24, 2.45) is 0 Å². The van der Waals surface area contributed by atoms with E-state index in [1.807, 2.05) is 0 Å². The van der Waals surface area contributed by atoms with Gasteiger partial charge in [0.15, 0.2) is 0 Å². The van der Waals surface area contributed by atoms with Crippen molar-refractivity contribution in [1.82, 2.24) is 0 Å². The largest absolute Gasteiger partial charge is 0 e. The second-order valence-corrected chi connectivity index (χ2v) is 0. The molecule has 8 radical (unpaired) electrons. The molecule has 0 N–H and O–H groups in total. The molecule has 0 aliphatic rings. The van der Waals surface area contributed by atoms with E-state index in [4.69, 9.17) is 0 Å². The molecule has 0 nitrogen and oxygen atoms in total. The zero-order chi connectivity index (χ0) is 0.